The lowest BCUT2D eigenvalue weighted by Crippen LogP contribution is -2.06. The van der Waals surface area contributed by atoms with E-state index in [1.807, 2.05) is 30.3 Å². The summed E-state index contributed by atoms with van der Waals surface area (Å²) >= 11 is 1.58. The number of nitrogens with zero attached hydrogens (tertiary/aromatic N) is 1. The van der Waals surface area contributed by atoms with E-state index in [0.29, 0.717) is 0 Å². The van der Waals surface area contributed by atoms with Crippen LogP contribution in [-0.4, -0.2) is 17.2 Å². The lowest BCUT2D eigenvalue weighted by Gasteiger charge is -2.14. The van der Waals surface area contributed by atoms with Gasteiger partial charge in [-0.2, -0.15) is 0 Å². The third kappa shape index (κ3) is 2.43. The normalized spacial score (nSPS) is 20.0. The van der Waals surface area contributed by atoms with Crippen molar-refractivity contribution in [3.05, 3.63) is 51.5 Å². The Balaban J connectivity index is 1.97. The fourth-order valence-electron chi connectivity index (χ4n) is 2.54. The van der Waals surface area contributed by atoms with Gasteiger partial charge < -0.3 is 9.84 Å². The second-order valence-corrected chi connectivity index (χ2v) is 5.86. The average molecular weight is 275 g/mol. The molecule has 0 spiro atoms. The van der Waals surface area contributed by atoms with Crippen LogP contribution in [-0.2, 0) is 11.2 Å². The molecule has 1 aromatic heterocycles. The van der Waals surface area contributed by atoms with Gasteiger partial charge in [0.05, 0.1) is 16.7 Å². The molecule has 1 aliphatic carbocycles. The third-order valence-electron chi connectivity index (χ3n) is 3.50. The third-order valence-corrected chi connectivity index (χ3v) is 4.74. The van der Waals surface area contributed by atoms with Gasteiger partial charge in [0.1, 0.15) is 11.1 Å². The number of aliphatic hydroxyl groups is 1. The summed E-state index contributed by atoms with van der Waals surface area (Å²) in [5, 5.41) is 11.0. The van der Waals surface area contributed by atoms with Crippen molar-refractivity contribution in [2.24, 2.45) is 0 Å². The molecule has 1 heterocycles. The predicted octanol–water partition coefficient (Wildman–Crippen LogP) is 3.25. The van der Waals surface area contributed by atoms with Crippen molar-refractivity contribution in [3.8, 4) is 0 Å². The highest BCUT2D eigenvalue weighted by Gasteiger charge is 2.26. The summed E-state index contributed by atoms with van der Waals surface area (Å²) in [4.78, 5) is 5.71. The van der Waals surface area contributed by atoms with E-state index in [9.17, 15) is 5.11 Å². The molecule has 4 heteroatoms. The van der Waals surface area contributed by atoms with Crippen LogP contribution >= 0.6 is 11.3 Å². The smallest absolute Gasteiger partial charge is 0.134 e. The van der Waals surface area contributed by atoms with Crippen LogP contribution in [0.25, 0.3) is 0 Å². The van der Waals surface area contributed by atoms with Gasteiger partial charge >= 0.3 is 0 Å². The van der Waals surface area contributed by atoms with Crippen LogP contribution in [0.15, 0.2) is 30.3 Å². The minimum absolute atomic E-state index is 0.135. The maximum Gasteiger partial charge on any atom is 0.134 e. The first-order valence-electron chi connectivity index (χ1n) is 6.55. The largest absolute Gasteiger partial charge is 0.388 e. The highest BCUT2D eigenvalue weighted by molar-refractivity contribution is 7.12. The zero-order chi connectivity index (χ0) is 13.2. The van der Waals surface area contributed by atoms with Crippen molar-refractivity contribution in [2.75, 3.05) is 7.11 Å². The molecule has 2 aromatic rings. The summed E-state index contributed by atoms with van der Waals surface area (Å²) in [5.74, 6) is 0. The van der Waals surface area contributed by atoms with Crippen molar-refractivity contribution in [1.82, 2.24) is 4.98 Å². The van der Waals surface area contributed by atoms with E-state index in [2.05, 4.69) is 4.98 Å². The predicted molar refractivity (Wildman–Crippen MR) is 75.3 cm³/mol. The molecule has 2 atom stereocenters. The summed E-state index contributed by atoms with van der Waals surface area (Å²) < 4.78 is 5.60. The first kappa shape index (κ1) is 12.8. The summed E-state index contributed by atoms with van der Waals surface area (Å²) in [5.41, 5.74) is 2.15. The van der Waals surface area contributed by atoms with Crippen LogP contribution in [0.1, 0.15) is 46.2 Å². The molecule has 0 radical (unpaired) electrons. The second-order valence-electron chi connectivity index (χ2n) is 4.80. The van der Waals surface area contributed by atoms with Gasteiger partial charge in [0.15, 0.2) is 0 Å². The van der Waals surface area contributed by atoms with Gasteiger partial charge in [-0.1, -0.05) is 30.3 Å². The maximum absolute atomic E-state index is 10.0. The van der Waals surface area contributed by atoms with Crippen LogP contribution in [0, 0.1) is 0 Å². The van der Waals surface area contributed by atoms with Gasteiger partial charge in [-0.15, -0.1) is 11.3 Å². The van der Waals surface area contributed by atoms with E-state index in [1.165, 1.54) is 0 Å². The first-order chi connectivity index (χ1) is 9.29. The van der Waals surface area contributed by atoms with Crippen molar-refractivity contribution in [2.45, 2.75) is 31.5 Å². The quantitative estimate of drug-likeness (QED) is 0.935. The molecule has 0 amide bonds. The van der Waals surface area contributed by atoms with Gasteiger partial charge in [0.25, 0.3) is 0 Å². The molecule has 1 aliphatic rings. The van der Waals surface area contributed by atoms with E-state index < -0.39 is 0 Å². The molecule has 0 saturated carbocycles. The molecular weight excluding hydrogens is 258 g/mol. The van der Waals surface area contributed by atoms with E-state index in [0.717, 1.165) is 40.4 Å². The van der Waals surface area contributed by atoms with Crippen molar-refractivity contribution in [1.29, 1.82) is 0 Å². The first-order valence-corrected chi connectivity index (χ1v) is 7.36. The number of aromatic nitrogens is 1. The Kier molecular flexibility index (Phi) is 3.64. The molecule has 0 saturated heterocycles. The standard InChI is InChI=1S/C15H17NO2S/c1-18-13(10-6-3-2-4-7-10)15-16-11-8-5-9-12(17)14(11)19-15/h2-4,6-7,12-13,17H,5,8-9H2,1H3. The van der Waals surface area contributed by atoms with E-state index >= 15 is 0 Å². The number of rotatable bonds is 3. The van der Waals surface area contributed by atoms with Crippen LogP contribution in [0.4, 0.5) is 0 Å². The van der Waals surface area contributed by atoms with Crippen LogP contribution in [0.3, 0.4) is 0 Å². The highest BCUT2D eigenvalue weighted by atomic mass is 32.1. The minimum atomic E-state index is -0.344. The maximum atomic E-state index is 10.0. The molecule has 3 rings (SSSR count). The number of aliphatic hydroxyl groups excluding tert-OH is 1. The Morgan fingerprint density at radius 2 is 2.16 bits per heavy atom. The SMILES string of the molecule is COC(c1ccccc1)c1nc2c(s1)C(O)CCC2. The second kappa shape index (κ2) is 5.41. The van der Waals surface area contributed by atoms with Gasteiger partial charge in [-0.25, -0.2) is 4.98 Å². The molecule has 1 aromatic carbocycles. The number of aryl methyl sites for hydroxylation is 1. The monoisotopic (exact) mass is 275 g/mol. The van der Waals surface area contributed by atoms with Crippen molar-refractivity contribution in [3.63, 3.8) is 0 Å². The Morgan fingerprint density at radius 1 is 1.37 bits per heavy atom. The topological polar surface area (TPSA) is 42.4 Å². The Morgan fingerprint density at radius 3 is 2.84 bits per heavy atom. The Hall–Kier alpha value is -1.23. The molecule has 19 heavy (non-hydrogen) atoms. The lowest BCUT2D eigenvalue weighted by molar-refractivity contribution is 0.136. The summed E-state index contributed by atoms with van der Waals surface area (Å²) in [6, 6.07) is 10.1. The van der Waals surface area contributed by atoms with Crippen LogP contribution < -0.4 is 0 Å². The molecular formula is C15H17NO2S. The molecule has 0 aliphatic heterocycles. The Bertz CT molecular complexity index is 553. The summed E-state index contributed by atoms with van der Waals surface area (Å²) in [7, 11) is 1.70. The number of benzene rings is 1. The van der Waals surface area contributed by atoms with E-state index in [1.54, 1.807) is 18.4 Å². The van der Waals surface area contributed by atoms with Gasteiger partial charge in [-0.05, 0) is 24.8 Å². The van der Waals surface area contributed by atoms with Gasteiger partial charge in [0.2, 0.25) is 0 Å². The fraction of sp³-hybridized carbons (Fsp3) is 0.400. The molecule has 0 fully saturated rings. The molecule has 3 nitrogen and oxygen atoms in total. The summed E-state index contributed by atoms with van der Waals surface area (Å²) in [6.45, 7) is 0. The molecule has 2 unspecified atom stereocenters. The van der Waals surface area contributed by atoms with E-state index in [4.69, 9.17) is 4.74 Å². The number of thiazole rings is 1. The lowest BCUT2D eigenvalue weighted by atomic mass is 10.0. The zero-order valence-electron chi connectivity index (χ0n) is 10.9. The van der Waals surface area contributed by atoms with Gasteiger partial charge in [-0.3, -0.25) is 0 Å². The van der Waals surface area contributed by atoms with Crippen LogP contribution in [0.2, 0.25) is 0 Å². The number of ether oxygens (including phenoxy) is 1. The number of hydrogen-bond acceptors (Lipinski definition) is 4. The minimum Gasteiger partial charge on any atom is -0.388 e. The average Bonchev–Trinajstić information content (AvgIpc) is 2.86. The highest BCUT2D eigenvalue weighted by Crippen LogP contribution is 2.38. The van der Waals surface area contributed by atoms with Gasteiger partial charge in [0, 0.05) is 7.11 Å². The number of methoxy groups -OCH3 is 1. The van der Waals surface area contributed by atoms with Crippen molar-refractivity contribution < 1.29 is 9.84 Å². The summed E-state index contributed by atoms with van der Waals surface area (Å²) in [6.07, 6.45) is 2.35. The fourth-order valence-corrected chi connectivity index (χ4v) is 3.78. The van der Waals surface area contributed by atoms with Crippen LogP contribution in [0.5, 0.6) is 0 Å². The number of fused-ring (bicyclic) bond motifs is 1. The molecule has 0 bridgehead atoms. The molecule has 1 N–H and O–H groups in total. The number of hydrogen-bond donors (Lipinski definition) is 1. The molecule has 100 valence electrons. The van der Waals surface area contributed by atoms with E-state index in [-0.39, 0.29) is 12.2 Å². The Labute approximate surface area is 116 Å². The van der Waals surface area contributed by atoms with Crippen molar-refractivity contribution >= 4 is 11.3 Å². The zero-order valence-corrected chi connectivity index (χ0v) is 11.7.